The van der Waals surface area contributed by atoms with E-state index in [1.165, 1.54) is 44.9 Å². The number of carboxylic acid groups (broad SMARTS) is 1. The van der Waals surface area contributed by atoms with E-state index < -0.39 is 5.97 Å². The van der Waals surface area contributed by atoms with E-state index in [-0.39, 0.29) is 0 Å². The van der Waals surface area contributed by atoms with Crippen molar-refractivity contribution in [3.63, 3.8) is 0 Å². The van der Waals surface area contributed by atoms with Crippen LogP contribution in [0.4, 0.5) is 0 Å². The standard InChI is InChI=1S/C17H22O2S/c1-12-5-6-13(11-14(12)16(18)19)20-15-7-10-17(15)8-3-2-4-9-17/h5-6,11,15H,2-4,7-10H2,1H3,(H,18,19). The molecule has 0 radical (unpaired) electrons. The van der Waals surface area contributed by atoms with Crippen molar-refractivity contribution in [1.29, 1.82) is 0 Å². The summed E-state index contributed by atoms with van der Waals surface area (Å²) in [6.07, 6.45) is 9.58. The fourth-order valence-electron chi connectivity index (χ4n) is 3.75. The molecule has 0 heterocycles. The average molecular weight is 290 g/mol. The largest absolute Gasteiger partial charge is 0.478 e. The Kier molecular flexibility index (Phi) is 3.80. The molecule has 1 aromatic rings. The monoisotopic (exact) mass is 290 g/mol. The summed E-state index contributed by atoms with van der Waals surface area (Å²) in [5.74, 6) is -0.814. The van der Waals surface area contributed by atoms with Gasteiger partial charge in [0, 0.05) is 10.1 Å². The summed E-state index contributed by atoms with van der Waals surface area (Å²) < 4.78 is 0. The molecule has 3 heteroatoms. The minimum Gasteiger partial charge on any atom is -0.478 e. The van der Waals surface area contributed by atoms with Crippen LogP contribution < -0.4 is 0 Å². The first-order valence-corrected chi connectivity index (χ1v) is 8.49. The Morgan fingerprint density at radius 2 is 2.00 bits per heavy atom. The summed E-state index contributed by atoms with van der Waals surface area (Å²) in [7, 11) is 0. The zero-order chi connectivity index (χ0) is 14.2. The van der Waals surface area contributed by atoms with Gasteiger partial charge in [0.2, 0.25) is 0 Å². The van der Waals surface area contributed by atoms with Crippen molar-refractivity contribution in [3.05, 3.63) is 29.3 Å². The van der Waals surface area contributed by atoms with Crippen LogP contribution in [0.2, 0.25) is 0 Å². The van der Waals surface area contributed by atoms with Crippen LogP contribution in [-0.4, -0.2) is 16.3 Å². The fourth-order valence-corrected chi connectivity index (χ4v) is 5.25. The number of benzene rings is 1. The Bertz CT molecular complexity index is 518. The molecule has 0 saturated heterocycles. The van der Waals surface area contributed by atoms with Gasteiger partial charge in [0.1, 0.15) is 0 Å². The molecule has 2 aliphatic carbocycles. The van der Waals surface area contributed by atoms with Gasteiger partial charge in [-0.05, 0) is 55.7 Å². The molecular formula is C17H22O2S. The van der Waals surface area contributed by atoms with E-state index in [2.05, 4.69) is 6.07 Å². The first-order valence-electron chi connectivity index (χ1n) is 7.61. The Morgan fingerprint density at radius 3 is 2.60 bits per heavy atom. The maximum absolute atomic E-state index is 11.2. The van der Waals surface area contributed by atoms with E-state index in [1.54, 1.807) is 0 Å². The van der Waals surface area contributed by atoms with Gasteiger partial charge in [-0.15, -0.1) is 11.8 Å². The normalized spacial score (nSPS) is 24.4. The van der Waals surface area contributed by atoms with Gasteiger partial charge in [-0.2, -0.15) is 0 Å². The molecule has 0 amide bonds. The molecule has 20 heavy (non-hydrogen) atoms. The number of carbonyl (C=O) groups is 1. The Morgan fingerprint density at radius 1 is 1.25 bits per heavy atom. The molecule has 3 rings (SSSR count). The summed E-state index contributed by atoms with van der Waals surface area (Å²) in [4.78, 5) is 12.4. The maximum Gasteiger partial charge on any atom is 0.335 e. The second kappa shape index (κ2) is 5.44. The zero-order valence-corrected chi connectivity index (χ0v) is 12.8. The summed E-state index contributed by atoms with van der Waals surface area (Å²) >= 11 is 1.91. The van der Waals surface area contributed by atoms with Crippen LogP contribution in [0.25, 0.3) is 0 Å². The Labute approximate surface area is 125 Å². The number of aromatic carboxylic acids is 1. The molecule has 1 spiro atoms. The van der Waals surface area contributed by atoms with Crippen LogP contribution in [0, 0.1) is 12.3 Å². The third kappa shape index (κ3) is 2.48. The van der Waals surface area contributed by atoms with E-state index in [9.17, 15) is 9.90 Å². The van der Waals surface area contributed by atoms with Crippen molar-refractivity contribution in [2.45, 2.75) is 62.0 Å². The molecule has 1 unspecified atom stereocenters. The highest BCUT2D eigenvalue weighted by Crippen LogP contribution is 2.57. The smallest absolute Gasteiger partial charge is 0.335 e. The molecular weight excluding hydrogens is 268 g/mol. The molecule has 2 aliphatic rings. The topological polar surface area (TPSA) is 37.3 Å². The third-order valence-electron chi connectivity index (χ3n) is 5.15. The molecule has 2 nitrogen and oxygen atoms in total. The molecule has 1 N–H and O–H groups in total. The molecule has 0 aromatic heterocycles. The van der Waals surface area contributed by atoms with Crippen LogP contribution >= 0.6 is 11.8 Å². The fraction of sp³-hybridized carbons (Fsp3) is 0.588. The zero-order valence-electron chi connectivity index (χ0n) is 12.0. The SMILES string of the molecule is Cc1ccc(SC2CCC23CCCCC3)cc1C(=O)O. The highest BCUT2D eigenvalue weighted by Gasteiger charge is 2.47. The maximum atomic E-state index is 11.2. The molecule has 0 bridgehead atoms. The third-order valence-corrected chi connectivity index (χ3v) is 6.70. The van der Waals surface area contributed by atoms with Crippen LogP contribution in [0.3, 0.4) is 0 Å². The van der Waals surface area contributed by atoms with Gasteiger partial charge in [-0.25, -0.2) is 4.79 Å². The number of hydrogen-bond donors (Lipinski definition) is 1. The van der Waals surface area contributed by atoms with Gasteiger partial charge in [0.15, 0.2) is 0 Å². The first kappa shape index (κ1) is 14.0. The Hall–Kier alpha value is -0.960. The van der Waals surface area contributed by atoms with Crippen LogP contribution in [0.1, 0.15) is 60.9 Å². The number of carboxylic acids is 1. The second-order valence-corrected chi connectivity index (χ2v) is 7.63. The lowest BCUT2D eigenvalue weighted by Gasteiger charge is -2.52. The van der Waals surface area contributed by atoms with Crippen molar-refractivity contribution < 1.29 is 9.90 Å². The minimum atomic E-state index is -0.814. The minimum absolute atomic E-state index is 0.451. The van der Waals surface area contributed by atoms with Crippen molar-refractivity contribution in [1.82, 2.24) is 0 Å². The van der Waals surface area contributed by atoms with Gasteiger partial charge in [0.25, 0.3) is 0 Å². The van der Waals surface area contributed by atoms with Crippen molar-refractivity contribution in [2.24, 2.45) is 5.41 Å². The van der Waals surface area contributed by atoms with Crippen molar-refractivity contribution in [3.8, 4) is 0 Å². The van der Waals surface area contributed by atoms with E-state index in [0.717, 1.165) is 10.5 Å². The highest BCUT2D eigenvalue weighted by molar-refractivity contribution is 8.00. The van der Waals surface area contributed by atoms with E-state index >= 15 is 0 Å². The Balaban J connectivity index is 1.75. The lowest BCUT2D eigenvalue weighted by Crippen LogP contribution is -2.44. The molecule has 2 fully saturated rings. The predicted octanol–water partition coefficient (Wildman–Crippen LogP) is 4.90. The molecule has 2 saturated carbocycles. The van der Waals surface area contributed by atoms with Gasteiger partial charge >= 0.3 is 5.97 Å². The molecule has 1 aromatic carbocycles. The lowest BCUT2D eigenvalue weighted by atomic mass is 9.60. The quantitative estimate of drug-likeness (QED) is 0.860. The van der Waals surface area contributed by atoms with Crippen LogP contribution in [0.15, 0.2) is 23.1 Å². The highest BCUT2D eigenvalue weighted by atomic mass is 32.2. The van der Waals surface area contributed by atoms with Gasteiger partial charge < -0.3 is 5.11 Å². The van der Waals surface area contributed by atoms with E-state index in [4.69, 9.17) is 0 Å². The number of rotatable bonds is 3. The summed E-state index contributed by atoms with van der Waals surface area (Å²) in [5.41, 5.74) is 1.87. The van der Waals surface area contributed by atoms with Gasteiger partial charge in [-0.3, -0.25) is 0 Å². The van der Waals surface area contributed by atoms with Crippen molar-refractivity contribution in [2.75, 3.05) is 0 Å². The number of aryl methyl sites for hydroxylation is 1. The summed E-state index contributed by atoms with van der Waals surface area (Å²) in [6.45, 7) is 1.86. The summed E-state index contributed by atoms with van der Waals surface area (Å²) in [5, 5.41) is 9.93. The van der Waals surface area contributed by atoms with Crippen LogP contribution in [-0.2, 0) is 0 Å². The lowest BCUT2D eigenvalue weighted by molar-refractivity contribution is 0.0696. The predicted molar refractivity (Wildman–Crippen MR) is 82.5 cm³/mol. The number of thioether (sulfide) groups is 1. The van der Waals surface area contributed by atoms with Gasteiger partial charge in [-0.1, -0.05) is 25.3 Å². The number of hydrogen-bond acceptors (Lipinski definition) is 2. The van der Waals surface area contributed by atoms with E-state index in [1.807, 2.05) is 30.8 Å². The molecule has 1 atom stereocenters. The first-order chi connectivity index (χ1) is 9.61. The molecule has 108 valence electrons. The van der Waals surface area contributed by atoms with Crippen LogP contribution in [0.5, 0.6) is 0 Å². The van der Waals surface area contributed by atoms with E-state index in [0.29, 0.717) is 16.2 Å². The molecule has 0 aliphatic heterocycles. The second-order valence-electron chi connectivity index (χ2n) is 6.35. The van der Waals surface area contributed by atoms with Gasteiger partial charge in [0.05, 0.1) is 5.56 Å². The average Bonchev–Trinajstić information content (AvgIpc) is 2.45. The summed E-state index contributed by atoms with van der Waals surface area (Å²) in [6, 6.07) is 5.89. The van der Waals surface area contributed by atoms with Crippen molar-refractivity contribution >= 4 is 17.7 Å².